The smallest absolute Gasteiger partial charge is 0.101 e. The third-order valence-electron chi connectivity index (χ3n) is 2.54. The number of nitrogens with zero attached hydrogens (tertiary/aromatic N) is 3. The van der Waals surface area contributed by atoms with Gasteiger partial charge in [-0.15, -0.1) is 0 Å². The van der Waals surface area contributed by atoms with Crippen LogP contribution < -0.4 is 0 Å². The van der Waals surface area contributed by atoms with Crippen LogP contribution in [0.1, 0.15) is 24.1 Å². The molecule has 3 heteroatoms. The van der Waals surface area contributed by atoms with Crippen molar-refractivity contribution in [3.8, 4) is 6.07 Å². The van der Waals surface area contributed by atoms with Gasteiger partial charge in [0, 0.05) is 12.7 Å². The number of pyridine rings is 1. The number of hydrogen-bond acceptors (Lipinski definition) is 3. The molecule has 0 saturated carbocycles. The number of rotatable bonds is 2. The van der Waals surface area contributed by atoms with Crippen molar-refractivity contribution in [3.05, 3.63) is 29.6 Å². The molecule has 0 spiro atoms. The summed E-state index contributed by atoms with van der Waals surface area (Å²) in [6.45, 7) is 3.29. The van der Waals surface area contributed by atoms with E-state index in [9.17, 15) is 0 Å². The molecule has 0 N–H and O–H groups in total. The van der Waals surface area contributed by atoms with E-state index in [1.54, 1.807) is 6.20 Å². The van der Waals surface area contributed by atoms with Gasteiger partial charge in [0.25, 0.3) is 0 Å². The van der Waals surface area contributed by atoms with E-state index < -0.39 is 0 Å². The maximum atomic E-state index is 8.61. The SMILES string of the molecule is N#Cc1ccc(CN2CCCC2)nc1. The molecule has 0 aliphatic carbocycles. The quantitative estimate of drug-likeness (QED) is 0.705. The molecule has 1 aromatic rings. The van der Waals surface area contributed by atoms with Crippen molar-refractivity contribution >= 4 is 0 Å². The van der Waals surface area contributed by atoms with Gasteiger partial charge in [-0.05, 0) is 38.1 Å². The highest BCUT2D eigenvalue weighted by Gasteiger charge is 2.11. The molecule has 1 saturated heterocycles. The maximum Gasteiger partial charge on any atom is 0.101 e. The highest BCUT2D eigenvalue weighted by Crippen LogP contribution is 2.11. The number of nitriles is 1. The molecule has 0 amide bonds. The van der Waals surface area contributed by atoms with E-state index in [2.05, 4.69) is 16.0 Å². The van der Waals surface area contributed by atoms with Crippen LogP contribution in [-0.2, 0) is 6.54 Å². The average molecular weight is 187 g/mol. The molecule has 0 bridgehead atoms. The van der Waals surface area contributed by atoms with Crippen LogP contribution in [-0.4, -0.2) is 23.0 Å². The summed E-state index contributed by atoms with van der Waals surface area (Å²) in [5.74, 6) is 0. The van der Waals surface area contributed by atoms with Gasteiger partial charge in [0.15, 0.2) is 0 Å². The Morgan fingerprint density at radius 3 is 2.71 bits per heavy atom. The van der Waals surface area contributed by atoms with Gasteiger partial charge >= 0.3 is 0 Å². The van der Waals surface area contributed by atoms with Crippen LogP contribution in [0.2, 0.25) is 0 Å². The molecule has 0 aromatic carbocycles. The summed E-state index contributed by atoms with van der Waals surface area (Å²) in [4.78, 5) is 6.65. The second kappa shape index (κ2) is 4.21. The van der Waals surface area contributed by atoms with Crippen molar-refractivity contribution in [2.45, 2.75) is 19.4 Å². The summed E-state index contributed by atoms with van der Waals surface area (Å²) < 4.78 is 0. The second-order valence-corrected chi connectivity index (χ2v) is 3.63. The van der Waals surface area contributed by atoms with E-state index in [1.807, 2.05) is 12.1 Å². The van der Waals surface area contributed by atoms with Gasteiger partial charge in [0.1, 0.15) is 6.07 Å². The summed E-state index contributed by atoms with van der Waals surface area (Å²) in [5.41, 5.74) is 1.70. The third kappa shape index (κ3) is 2.09. The zero-order valence-corrected chi connectivity index (χ0v) is 8.11. The van der Waals surface area contributed by atoms with E-state index >= 15 is 0 Å². The lowest BCUT2D eigenvalue weighted by atomic mass is 10.2. The van der Waals surface area contributed by atoms with Crippen LogP contribution in [0, 0.1) is 11.3 Å². The van der Waals surface area contributed by atoms with E-state index in [0.29, 0.717) is 5.56 Å². The first-order valence-corrected chi connectivity index (χ1v) is 4.96. The minimum atomic E-state index is 0.634. The van der Waals surface area contributed by atoms with E-state index in [0.717, 1.165) is 12.2 Å². The third-order valence-corrected chi connectivity index (χ3v) is 2.54. The lowest BCUT2D eigenvalue weighted by Crippen LogP contribution is -2.18. The summed E-state index contributed by atoms with van der Waals surface area (Å²) in [6.07, 6.45) is 4.25. The van der Waals surface area contributed by atoms with Gasteiger partial charge < -0.3 is 0 Å². The predicted molar refractivity (Wildman–Crippen MR) is 53.5 cm³/mol. The monoisotopic (exact) mass is 187 g/mol. The summed E-state index contributed by atoms with van der Waals surface area (Å²) >= 11 is 0. The van der Waals surface area contributed by atoms with Crippen molar-refractivity contribution in [1.29, 1.82) is 5.26 Å². The molecule has 1 aliphatic rings. The Balaban J connectivity index is 1.99. The number of hydrogen-bond donors (Lipinski definition) is 0. The second-order valence-electron chi connectivity index (χ2n) is 3.63. The first-order valence-electron chi connectivity index (χ1n) is 4.96. The molecule has 1 aromatic heterocycles. The van der Waals surface area contributed by atoms with E-state index in [-0.39, 0.29) is 0 Å². The molecule has 2 rings (SSSR count). The molecule has 3 nitrogen and oxygen atoms in total. The zero-order chi connectivity index (χ0) is 9.80. The van der Waals surface area contributed by atoms with E-state index in [4.69, 9.17) is 5.26 Å². The van der Waals surface area contributed by atoms with Gasteiger partial charge in [-0.3, -0.25) is 9.88 Å². The molecule has 0 unspecified atom stereocenters. The molecule has 2 heterocycles. The topological polar surface area (TPSA) is 39.9 Å². The molecule has 1 aliphatic heterocycles. The van der Waals surface area contributed by atoms with Gasteiger partial charge in [-0.25, -0.2) is 0 Å². The fraction of sp³-hybridized carbons (Fsp3) is 0.455. The molecule has 14 heavy (non-hydrogen) atoms. The summed E-state index contributed by atoms with van der Waals surface area (Å²) in [6, 6.07) is 5.84. The fourth-order valence-corrected chi connectivity index (χ4v) is 1.75. The molecule has 72 valence electrons. The van der Waals surface area contributed by atoms with E-state index in [1.165, 1.54) is 25.9 Å². The van der Waals surface area contributed by atoms with Crippen LogP contribution >= 0.6 is 0 Å². The molecular weight excluding hydrogens is 174 g/mol. The number of aromatic nitrogens is 1. The Morgan fingerprint density at radius 1 is 1.36 bits per heavy atom. The van der Waals surface area contributed by atoms with Crippen LogP contribution in [0.4, 0.5) is 0 Å². The summed E-state index contributed by atoms with van der Waals surface area (Å²) in [7, 11) is 0. The summed E-state index contributed by atoms with van der Waals surface area (Å²) in [5, 5.41) is 8.61. The largest absolute Gasteiger partial charge is 0.298 e. The Morgan fingerprint density at radius 2 is 2.14 bits per heavy atom. The van der Waals surface area contributed by atoms with Gasteiger partial charge in [-0.1, -0.05) is 0 Å². The lowest BCUT2D eigenvalue weighted by molar-refractivity contribution is 0.327. The van der Waals surface area contributed by atoms with Gasteiger partial charge in [-0.2, -0.15) is 5.26 Å². The standard InChI is InChI=1S/C11H13N3/c12-7-10-3-4-11(13-8-10)9-14-5-1-2-6-14/h3-4,8H,1-2,5-6,9H2. The highest BCUT2D eigenvalue weighted by atomic mass is 15.1. The molecular formula is C11H13N3. The normalized spacial score (nSPS) is 16.8. The van der Waals surface area contributed by atoms with Crippen molar-refractivity contribution in [3.63, 3.8) is 0 Å². The Labute approximate surface area is 84.0 Å². The van der Waals surface area contributed by atoms with Crippen LogP contribution in [0.15, 0.2) is 18.3 Å². The van der Waals surface area contributed by atoms with Gasteiger partial charge in [0.05, 0.1) is 11.3 Å². The first kappa shape index (κ1) is 9.17. The van der Waals surface area contributed by atoms with Gasteiger partial charge in [0.2, 0.25) is 0 Å². The zero-order valence-electron chi connectivity index (χ0n) is 8.11. The Hall–Kier alpha value is -1.40. The maximum absolute atomic E-state index is 8.61. The first-order chi connectivity index (χ1) is 6.88. The predicted octanol–water partition coefficient (Wildman–Crippen LogP) is 1.55. The number of likely N-dealkylation sites (tertiary alicyclic amines) is 1. The van der Waals surface area contributed by atoms with Crippen molar-refractivity contribution in [2.24, 2.45) is 0 Å². The fourth-order valence-electron chi connectivity index (χ4n) is 1.75. The minimum Gasteiger partial charge on any atom is -0.298 e. The average Bonchev–Trinajstić information content (AvgIpc) is 2.72. The molecule has 0 radical (unpaired) electrons. The lowest BCUT2D eigenvalue weighted by Gasteiger charge is -2.13. The van der Waals surface area contributed by atoms with Crippen molar-refractivity contribution in [2.75, 3.05) is 13.1 Å². The van der Waals surface area contributed by atoms with Crippen molar-refractivity contribution in [1.82, 2.24) is 9.88 Å². The van der Waals surface area contributed by atoms with Crippen LogP contribution in [0.25, 0.3) is 0 Å². The Kier molecular flexibility index (Phi) is 2.76. The molecule has 0 atom stereocenters. The van der Waals surface area contributed by atoms with Crippen molar-refractivity contribution < 1.29 is 0 Å². The minimum absolute atomic E-state index is 0.634. The van der Waals surface area contributed by atoms with Crippen LogP contribution in [0.3, 0.4) is 0 Å². The highest BCUT2D eigenvalue weighted by molar-refractivity contribution is 5.26. The molecule has 1 fully saturated rings. The van der Waals surface area contributed by atoms with Crippen LogP contribution in [0.5, 0.6) is 0 Å². The Bertz CT molecular complexity index is 331.